The second-order valence-corrected chi connectivity index (χ2v) is 4.33. The van der Waals surface area contributed by atoms with Crippen LogP contribution in [0.1, 0.15) is 25.8 Å². The highest BCUT2D eigenvalue weighted by atomic mass is 16.5. The average Bonchev–Trinajstić information content (AvgIpc) is 3.09. The fourth-order valence-corrected chi connectivity index (χ4v) is 1.99. The third-order valence-electron chi connectivity index (χ3n) is 2.97. The number of benzene rings is 1. The lowest BCUT2D eigenvalue weighted by molar-refractivity contribution is 0.341. The molecular formula is C12H15N5O. The van der Waals surface area contributed by atoms with Crippen LogP contribution in [0.25, 0.3) is 11.4 Å². The molecule has 0 amide bonds. The number of aromatic nitrogens is 4. The van der Waals surface area contributed by atoms with E-state index in [1.807, 2.05) is 29.8 Å². The summed E-state index contributed by atoms with van der Waals surface area (Å²) in [6.45, 7) is 2.53. The van der Waals surface area contributed by atoms with E-state index in [4.69, 9.17) is 10.5 Å². The summed E-state index contributed by atoms with van der Waals surface area (Å²) in [6.07, 6.45) is 2.24. The van der Waals surface area contributed by atoms with Crippen LogP contribution in [0.5, 0.6) is 5.75 Å². The first-order valence-electron chi connectivity index (χ1n) is 6.10. The summed E-state index contributed by atoms with van der Waals surface area (Å²) in [5.74, 6) is 1.42. The van der Waals surface area contributed by atoms with Crippen molar-refractivity contribution in [2.75, 3.05) is 12.3 Å². The Morgan fingerprint density at radius 3 is 3.00 bits per heavy atom. The van der Waals surface area contributed by atoms with Crippen molar-refractivity contribution in [2.24, 2.45) is 0 Å². The molecule has 0 unspecified atom stereocenters. The van der Waals surface area contributed by atoms with Gasteiger partial charge in [-0.05, 0) is 42.3 Å². The fourth-order valence-electron chi connectivity index (χ4n) is 1.99. The lowest BCUT2D eigenvalue weighted by Crippen LogP contribution is -2.04. The Hall–Kier alpha value is -2.11. The summed E-state index contributed by atoms with van der Waals surface area (Å²) in [6, 6.07) is 6.00. The van der Waals surface area contributed by atoms with Crippen molar-refractivity contribution in [3.05, 3.63) is 18.2 Å². The molecule has 2 aromatic rings. The van der Waals surface area contributed by atoms with Gasteiger partial charge in [-0.3, -0.25) is 0 Å². The molecule has 6 nitrogen and oxygen atoms in total. The SMILES string of the molecule is CCOc1cccc(N)c1-c1nnnn1C1CC1. The van der Waals surface area contributed by atoms with Crippen molar-refractivity contribution in [3.63, 3.8) is 0 Å². The van der Waals surface area contributed by atoms with Crippen molar-refractivity contribution in [1.29, 1.82) is 0 Å². The van der Waals surface area contributed by atoms with Gasteiger partial charge >= 0.3 is 0 Å². The molecule has 1 aromatic carbocycles. The Morgan fingerprint density at radius 1 is 1.44 bits per heavy atom. The van der Waals surface area contributed by atoms with Crippen LogP contribution in [0.4, 0.5) is 5.69 Å². The van der Waals surface area contributed by atoms with Crippen LogP contribution in [0.3, 0.4) is 0 Å². The molecule has 1 saturated carbocycles. The zero-order valence-electron chi connectivity index (χ0n) is 10.2. The van der Waals surface area contributed by atoms with Gasteiger partial charge in [0, 0.05) is 5.69 Å². The average molecular weight is 245 g/mol. The Balaban J connectivity index is 2.11. The van der Waals surface area contributed by atoms with Crippen molar-refractivity contribution >= 4 is 5.69 Å². The number of hydrogen-bond donors (Lipinski definition) is 1. The largest absolute Gasteiger partial charge is 0.493 e. The second kappa shape index (κ2) is 4.29. The highest BCUT2D eigenvalue weighted by Gasteiger charge is 2.29. The zero-order chi connectivity index (χ0) is 12.5. The molecule has 0 radical (unpaired) electrons. The maximum Gasteiger partial charge on any atom is 0.188 e. The number of nitrogens with zero attached hydrogens (tertiary/aromatic N) is 4. The number of anilines is 1. The van der Waals surface area contributed by atoms with Crippen molar-refractivity contribution in [2.45, 2.75) is 25.8 Å². The number of nitrogen functional groups attached to an aromatic ring is 1. The van der Waals surface area contributed by atoms with Gasteiger partial charge in [0.25, 0.3) is 0 Å². The van der Waals surface area contributed by atoms with Crippen LogP contribution >= 0.6 is 0 Å². The smallest absolute Gasteiger partial charge is 0.188 e. The van der Waals surface area contributed by atoms with Crippen molar-refractivity contribution in [3.8, 4) is 17.1 Å². The number of tetrazole rings is 1. The minimum atomic E-state index is 0.407. The number of nitrogens with two attached hydrogens (primary N) is 1. The summed E-state index contributed by atoms with van der Waals surface area (Å²) in [5, 5.41) is 11.9. The highest BCUT2D eigenvalue weighted by Crippen LogP contribution is 2.40. The molecule has 0 spiro atoms. The summed E-state index contributed by atoms with van der Waals surface area (Å²) < 4.78 is 7.45. The molecule has 0 atom stereocenters. The Kier molecular flexibility index (Phi) is 2.62. The molecule has 1 aliphatic carbocycles. The topological polar surface area (TPSA) is 78.8 Å². The van der Waals surface area contributed by atoms with Gasteiger partial charge in [0.2, 0.25) is 0 Å². The van der Waals surface area contributed by atoms with E-state index < -0.39 is 0 Å². The van der Waals surface area contributed by atoms with Gasteiger partial charge in [0.15, 0.2) is 5.82 Å². The third kappa shape index (κ3) is 1.79. The molecule has 0 aliphatic heterocycles. The van der Waals surface area contributed by atoms with Gasteiger partial charge in [-0.15, -0.1) is 5.10 Å². The van der Waals surface area contributed by atoms with E-state index in [1.54, 1.807) is 0 Å². The van der Waals surface area contributed by atoms with Gasteiger partial charge in [0.1, 0.15) is 5.75 Å². The Labute approximate surface area is 105 Å². The molecule has 2 N–H and O–H groups in total. The molecule has 18 heavy (non-hydrogen) atoms. The summed E-state index contributed by atoms with van der Waals surface area (Å²) in [7, 11) is 0. The Morgan fingerprint density at radius 2 is 2.28 bits per heavy atom. The lowest BCUT2D eigenvalue weighted by Gasteiger charge is -2.11. The monoisotopic (exact) mass is 245 g/mol. The minimum Gasteiger partial charge on any atom is -0.493 e. The Bertz CT molecular complexity index is 561. The maximum atomic E-state index is 6.04. The van der Waals surface area contributed by atoms with Gasteiger partial charge < -0.3 is 10.5 Å². The molecule has 6 heteroatoms. The predicted molar refractivity (Wildman–Crippen MR) is 67.1 cm³/mol. The molecule has 0 saturated heterocycles. The molecule has 1 heterocycles. The summed E-state index contributed by atoms with van der Waals surface area (Å²) in [5.41, 5.74) is 7.47. The van der Waals surface area contributed by atoms with Gasteiger partial charge in [0.05, 0.1) is 18.2 Å². The number of hydrogen-bond acceptors (Lipinski definition) is 5. The first-order valence-corrected chi connectivity index (χ1v) is 6.10. The number of rotatable bonds is 4. The fraction of sp³-hybridized carbons (Fsp3) is 0.417. The van der Waals surface area contributed by atoms with Crippen LogP contribution in [-0.2, 0) is 0 Å². The molecule has 1 aromatic heterocycles. The van der Waals surface area contributed by atoms with Gasteiger partial charge in [-0.25, -0.2) is 4.68 Å². The normalized spacial score (nSPS) is 14.7. The molecule has 1 aliphatic rings. The van der Waals surface area contributed by atoms with E-state index in [-0.39, 0.29) is 0 Å². The van der Waals surface area contributed by atoms with E-state index >= 15 is 0 Å². The highest BCUT2D eigenvalue weighted by molar-refractivity contribution is 5.77. The maximum absolute atomic E-state index is 6.04. The minimum absolute atomic E-state index is 0.407. The quantitative estimate of drug-likeness (QED) is 0.829. The standard InChI is InChI=1S/C12H15N5O/c1-2-18-10-5-3-4-9(13)11(10)12-14-15-16-17(12)8-6-7-8/h3-5,8H,2,6-7,13H2,1H3. The summed E-state index contributed by atoms with van der Waals surface area (Å²) in [4.78, 5) is 0. The third-order valence-corrected chi connectivity index (χ3v) is 2.97. The van der Waals surface area contributed by atoms with Crippen LogP contribution in [0.2, 0.25) is 0 Å². The van der Waals surface area contributed by atoms with E-state index in [0.29, 0.717) is 24.2 Å². The van der Waals surface area contributed by atoms with Crippen LogP contribution < -0.4 is 10.5 Å². The van der Waals surface area contributed by atoms with E-state index in [0.717, 1.165) is 24.2 Å². The van der Waals surface area contributed by atoms with Crippen molar-refractivity contribution < 1.29 is 4.74 Å². The van der Waals surface area contributed by atoms with Crippen LogP contribution in [-0.4, -0.2) is 26.8 Å². The molecule has 0 bridgehead atoms. The first kappa shape index (κ1) is 11.0. The molecule has 94 valence electrons. The van der Waals surface area contributed by atoms with Crippen molar-refractivity contribution in [1.82, 2.24) is 20.2 Å². The first-order chi connectivity index (χ1) is 8.81. The molecule has 3 rings (SSSR count). The van der Waals surface area contributed by atoms with Crippen LogP contribution in [0, 0.1) is 0 Å². The second-order valence-electron chi connectivity index (χ2n) is 4.33. The van der Waals surface area contributed by atoms with Crippen LogP contribution in [0.15, 0.2) is 18.2 Å². The number of ether oxygens (including phenoxy) is 1. The lowest BCUT2D eigenvalue weighted by atomic mass is 10.1. The van der Waals surface area contributed by atoms with Gasteiger partial charge in [-0.1, -0.05) is 6.07 Å². The molecule has 1 fully saturated rings. The summed E-state index contributed by atoms with van der Waals surface area (Å²) >= 11 is 0. The molecular weight excluding hydrogens is 230 g/mol. The van der Waals surface area contributed by atoms with E-state index in [1.165, 1.54) is 0 Å². The predicted octanol–water partition coefficient (Wildman–Crippen LogP) is 1.66. The van der Waals surface area contributed by atoms with E-state index in [9.17, 15) is 0 Å². The van der Waals surface area contributed by atoms with Gasteiger partial charge in [-0.2, -0.15) is 0 Å². The van der Waals surface area contributed by atoms with E-state index in [2.05, 4.69) is 15.5 Å². The zero-order valence-corrected chi connectivity index (χ0v) is 10.2.